The minimum Gasteiger partial charge on any atom is -0.333 e. The van der Waals surface area contributed by atoms with Crippen molar-refractivity contribution in [2.75, 3.05) is 18.4 Å². The number of rotatable bonds is 2. The largest absolute Gasteiger partial charge is 0.333 e. The fourth-order valence-corrected chi connectivity index (χ4v) is 3.34. The van der Waals surface area contributed by atoms with Crippen molar-refractivity contribution < 1.29 is 4.79 Å². The maximum atomic E-state index is 12.1. The van der Waals surface area contributed by atoms with Crippen molar-refractivity contribution in [3.63, 3.8) is 0 Å². The monoisotopic (exact) mass is 274 g/mol. The number of aromatic nitrogens is 1. The molecule has 1 aromatic rings. The molecule has 2 saturated heterocycles. The molecule has 2 aliphatic heterocycles. The molecule has 0 aliphatic carbocycles. The van der Waals surface area contributed by atoms with Crippen molar-refractivity contribution in [3.05, 3.63) is 23.9 Å². The van der Waals surface area contributed by atoms with Gasteiger partial charge in [-0.05, 0) is 44.4 Å². The molecular formula is C15H22N4O. The van der Waals surface area contributed by atoms with E-state index in [1.807, 2.05) is 19.1 Å². The number of piperidine rings is 1. The minimum atomic E-state index is -0.135. The van der Waals surface area contributed by atoms with E-state index in [1.165, 1.54) is 25.8 Å². The first-order valence-electron chi connectivity index (χ1n) is 7.47. The van der Waals surface area contributed by atoms with Crippen LogP contribution in [-0.4, -0.2) is 41.1 Å². The van der Waals surface area contributed by atoms with Gasteiger partial charge in [-0.3, -0.25) is 10.2 Å². The van der Waals surface area contributed by atoms with Gasteiger partial charge in [0, 0.05) is 24.8 Å². The summed E-state index contributed by atoms with van der Waals surface area (Å²) in [6, 6.07) is 4.49. The molecule has 5 heteroatoms. The van der Waals surface area contributed by atoms with Crippen molar-refractivity contribution in [3.8, 4) is 0 Å². The van der Waals surface area contributed by atoms with Crippen LogP contribution in [0.1, 0.15) is 31.2 Å². The first kappa shape index (κ1) is 13.4. The quantitative estimate of drug-likeness (QED) is 0.868. The third-order valence-electron chi connectivity index (χ3n) is 4.41. The lowest BCUT2D eigenvalue weighted by Crippen LogP contribution is -2.48. The molecule has 0 saturated carbocycles. The first-order chi connectivity index (χ1) is 9.74. The Kier molecular flexibility index (Phi) is 3.87. The van der Waals surface area contributed by atoms with E-state index in [0.717, 1.165) is 18.5 Å². The third-order valence-corrected chi connectivity index (χ3v) is 4.41. The highest BCUT2D eigenvalue weighted by atomic mass is 16.2. The number of carbonyl (C=O) groups is 1. The molecule has 0 radical (unpaired) electrons. The molecule has 20 heavy (non-hydrogen) atoms. The second kappa shape index (κ2) is 5.79. The SMILES string of the molecule is Cc1cccnc1NC(=O)N[C@H]1CCN2CCCC[C@@H]12. The van der Waals surface area contributed by atoms with Gasteiger partial charge in [0.1, 0.15) is 5.82 Å². The van der Waals surface area contributed by atoms with Crippen molar-refractivity contribution in [2.45, 2.75) is 44.7 Å². The topological polar surface area (TPSA) is 57.3 Å². The molecule has 0 unspecified atom stereocenters. The van der Waals surface area contributed by atoms with E-state index in [4.69, 9.17) is 0 Å². The summed E-state index contributed by atoms with van der Waals surface area (Å²) in [6.45, 7) is 4.24. The Hall–Kier alpha value is -1.62. The van der Waals surface area contributed by atoms with E-state index >= 15 is 0 Å². The molecular weight excluding hydrogens is 252 g/mol. The zero-order chi connectivity index (χ0) is 13.9. The van der Waals surface area contributed by atoms with Crippen LogP contribution in [0, 0.1) is 6.92 Å². The van der Waals surface area contributed by atoms with Crippen LogP contribution >= 0.6 is 0 Å². The normalized spacial score (nSPS) is 26.1. The Morgan fingerprint density at radius 2 is 2.25 bits per heavy atom. The summed E-state index contributed by atoms with van der Waals surface area (Å²) in [5.41, 5.74) is 0.980. The lowest BCUT2D eigenvalue weighted by Gasteiger charge is -2.32. The van der Waals surface area contributed by atoms with E-state index < -0.39 is 0 Å². The smallest absolute Gasteiger partial charge is 0.320 e. The molecule has 3 rings (SSSR count). The fraction of sp³-hybridized carbons (Fsp3) is 0.600. The van der Waals surface area contributed by atoms with Crippen LogP contribution in [0.5, 0.6) is 0 Å². The summed E-state index contributed by atoms with van der Waals surface area (Å²) in [4.78, 5) is 18.8. The van der Waals surface area contributed by atoms with E-state index in [1.54, 1.807) is 6.20 Å². The van der Waals surface area contributed by atoms with E-state index in [9.17, 15) is 4.79 Å². The number of pyridine rings is 1. The summed E-state index contributed by atoms with van der Waals surface area (Å²) in [5.74, 6) is 0.642. The van der Waals surface area contributed by atoms with Gasteiger partial charge in [-0.1, -0.05) is 12.5 Å². The summed E-state index contributed by atoms with van der Waals surface area (Å²) < 4.78 is 0. The highest BCUT2D eigenvalue weighted by molar-refractivity contribution is 5.89. The number of hydrogen-bond donors (Lipinski definition) is 2. The van der Waals surface area contributed by atoms with Crippen LogP contribution in [0.15, 0.2) is 18.3 Å². The molecule has 0 aromatic carbocycles. The number of nitrogens with one attached hydrogen (secondary N) is 2. The molecule has 3 heterocycles. The number of urea groups is 1. The lowest BCUT2D eigenvalue weighted by molar-refractivity contribution is 0.180. The van der Waals surface area contributed by atoms with Crippen molar-refractivity contribution >= 4 is 11.8 Å². The Bertz CT molecular complexity index is 491. The average Bonchev–Trinajstić information content (AvgIpc) is 2.85. The summed E-state index contributed by atoms with van der Waals surface area (Å²) in [5, 5.41) is 5.97. The summed E-state index contributed by atoms with van der Waals surface area (Å²) >= 11 is 0. The number of carbonyl (C=O) groups excluding carboxylic acids is 1. The van der Waals surface area contributed by atoms with Gasteiger partial charge in [-0.2, -0.15) is 0 Å². The number of fused-ring (bicyclic) bond motifs is 1. The van der Waals surface area contributed by atoms with Gasteiger partial charge in [0.05, 0.1) is 0 Å². The molecule has 1 aromatic heterocycles. The molecule has 0 bridgehead atoms. The molecule has 2 N–H and O–H groups in total. The number of aryl methyl sites for hydroxylation is 1. The molecule has 2 fully saturated rings. The standard InChI is InChI=1S/C15H22N4O/c1-11-5-4-8-16-14(11)18-15(20)17-12-7-10-19-9-3-2-6-13(12)19/h4-5,8,12-13H,2-3,6-7,9-10H2,1H3,(H2,16,17,18,20)/t12-,13-/m0/s1. The van der Waals surface area contributed by atoms with Crippen LogP contribution < -0.4 is 10.6 Å². The van der Waals surface area contributed by atoms with Crippen molar-refractivity contribution in [1.82, 2.24) is 15.2 Å². The predicted octanol–water partition coefficient (Wildman–Crippen LogP) is 2.14. The molecule has 5 nitrogen and oxygen atoms in total. The van der Waals surface area contributed by atoms with Crippen LogP contribution in [0.3, 0.4) is 0 Å². The van der Waals surface area contributed by atoms with Crippen LogP contribution in [0.4, 0.5) is 10.6 Å². The van der Waals surface area contributed by atoms with Crippen molar-refractivity contribution in [2.24, 2.45) is 0 Å². The van der Waals surface area contributed by atoms with Crippen LogP contribution in [0.25, 0.3) is 0 Å². The number of nitrogens with zero attached hydrogens (tertiary/aromatic N) is 2. The van der Waals surface area contributed by atoms with Gasteiger partial charge in [0.25, 0.3) is 0 Å². The fourth-order valence-electron chi connectivity index (χ4n) is 3.34. The van der Waals surface area contributed by atoms with Gasteiger partial charge in [-0.15, -0.1) is 0 Å². The van der Waals surface area contributed by atoms with E-state index in [0.29, 0.717) is 11.9 Å². The second-order valence-corrected chi connectivity index (χ2v) is 5.76. The van der Waals surface area contributed by atoms with Crippen LogP contribution in [-0.2, 0) is 0 Å². The molecule has 108 valence electrons. The second-order valence-electron chi connectivity index (χ2n) is 5.76. The number of anilines is 1. The first-order valence-corrected chi connectivity index (χ1v) is 7.47. The van der Waals surface area contributed by atoms with Crippen LogP contribution in [0.2, 0.25) is 0 Å². The molecule has 2 atom stereocenters. The Morgan fingerprint density at radius 3 is 3.10 bits per heavy atom. The van der Waals surface area contributed by atoms with E-state index in [-0.39, 0.29) is 12.1 Å². The summed E-state index contributed by atoms with van der Waals surface area (Å²) in [6.07, 6.45) is 6.52. The Morgan fingerprint density at radius 1 is 1.35 bits per heavy atom. The van der Waals surface area contributed by atoms with Gasteiger partial charge in [0.2, 0.25) is 0 Å². The summed E-state index contributed by atoms with van der Waals surface area (Å²) in [7, 11) is 0. The highest BCUT2D eigenvalue weighted by Gasteiger charge is 2.36. The average molecular weight is 274 g/mol. The predicted molar refractivity (Wildman–Crippen MR) is 78.7 cm³/mol. The van der Waals surface area contributed by atoms with Gasteiger partial charge in [0.15, 0.2) is 0 Å². The zero-order valence-corrected chi connectivity index (χ0v) is 11.9. The number of hydrogen-bond acceptors (Lipinski definition) is 3. The number of amides is 2. The molecule has 2 aliphatic rings. The van der Waals surface area contributed by atoms with E-state index in [2.05, 4.69) is 20.5 Å². The lowest BCUT2D eigenvalue weighted by atomic mass is 9.99. The maximum Gasteiger partial charge on any atom is 0.320 e. The zero-order valence-electron chi connectivity index (χ0n) is 11.9. The third kappa shape index (κ3) is 2.77. The van der Waals surface area contributed by atoms with Gasteiger partial charge < -0.3 is 5.32 Å². The maximum absolute atomic E-state index is 12.1. The molecule has 0 spiro atoms. The Labute approximate surface area is 119 Å². The van der Waals surface area contributed by atoms with Gasteiger partial charge >= 0.3 is 6.03 Å². The van der Waals surface area contributed by atoms with Gasteiger partial charge in [-0.25, -0.2) is 9.78 Å². The van der Waals surface area contributed by atoms with Crippen molar-refractivity contribution in [1.29, 1.82) is 0 Å². The molecule has 2 amide bonds. The highest BCUT2D eigenvalue weighted by Crippen LogP contribution is 2.27. The minimum absolute atomic E-state index is 0.135. The Balaban J connectivity index is 1.58.